The van der Waals surface area contributed by atoms with Gasteiger partial charge in [-0.25, -0.2) is 0 Å². The van der Waals surface area contributed by atoms with Gasteiger partial charge in [0.2, 0.25) is 0 Å². The molecule has 1 aromatic carbocycles. The van der Waals surface area contributed by atoms with Gasteiger partial charge in [-0.3, -0.25) is 0 Å². The molecule has 1 N–H and O–H groups in total. The third kappa shape index (κ3) is 3.04. The number of phenolic OH excluding ortho intramolecular Hbond substituents is 1. The van der Waals surface area contributed by atoms with Gasteiger partial charge in [0.15, 0.2) is 0 Å². The van der Waals surface area contributed by atoms with Crippen molar-refractivity contribution in [2.75, 3.05) is 13.6 Å². The van der Waals surface area contributed by atoms with Crippen LogP contribution in [0.2, 0.25) is 0 Å². The molecular weight excluding hydrogens is 294 g/mol. The van der Waals surface area contributed by atoms with Crippen molar-refractivity contribution in [1.29, 1.82) is 0 Å². The van der Waals surface area contributed by atoms with Crippen molar-refractivity contribution >= 4 is 0 Å². The normalized spacial score (nSPS) is 25.3. The molecule has 1 aliphatic carbocycles. The van der Waals surface area contributed by atoms with Crippen LogP contribution in [0.1, 0.15) is 62.1 Å². The average Bonchev–Trinajstić information content (AvgIpc) is 2.56. The maximum Gasteiger partial charge on any atom is 0.118 e. The summed E-state index contributed by atoms with van der Waals surface area (Å²) < 4.78 is 0. The van der Waals surface area contributed by atoms with Crippen molar-refractivity contribution in [3.63, 3.8) is 0 Å². The molecule has 130 valence electrons. The molecule has 0 fully saturated rings. The first kappa shape index (κ1) is 17.3. The summed E-state index contributed by atoms with van der Waals surface area (Å²) in [7, 11) is 2.28. The van der Waals surface area contributed by atoms with E-state index in [4.69, 9.17) is 0 Å². The molecule has 1 aliphatic heterocycles. The lowest BCUT2D eigenvalue weighted by atomic mass is 9.71. The van der Waals surface area contributed by atoms with Crippen LogP contribution in [-0.4, -0.2) is 29.6 Å². The highest BCUT2D eigenvalue weighted by Gasteiger charge is 2.36. The number of aryl methyl sites for hydroxylation is 2. The lowest BCUT2D eigenvalue weighted by Crippen LogP contribution is -2.41. The van der Waals surface area contributed by atoms with E-state index in [9.17, 15) is 5.11 Å². The topological polar surface area (TPSA) is 23.5 Å². The van der Waals surface area contributed by atoms with Crippen molar-refractivity contribution in [3.05, 3.63) is 52.1 Å². The molecule has 0 bridgehead atoms. The Morgan fingerprint density at radius 1 is 1.29 bits per heavy atom. The number of hydrogen-bond acceptors (Lipinski definition) is 2. The zero-order valence-corrected chi connectivity index (χ0v) is 15.6. The lowest BCUT2D eigenvalue weighted by molar-refractivity contribution is 0.196. The van der Waals surface area contributed by atoms with Gasteiger partial charge in [-0.1, -0.05) is 30.7 Å². The monoisotopic (exact) mass is 325 g/mol. The minimum atomic E-state index is 0.386. The predicted molar refractivity (Wildman–Crippen MR) is 102 cm³/mol. The van der Waals surface area contributed by atoms with E-state index in [0.29, 0.717) is 17.7 Å². The summed E-state index contributed by atoms with van der Waals surface area (Å²) in [6.45, 7) is 7.56. The van der Waals surface area contributed by atoms with Crippen LogP contribution in [0.5, 0.6) is 5.75 Å². The van der Waals surface area contributed by atoms with E-state index in [0.717, 1.165) is 24.9 Å². The van der Waals surface area contributed by atoms with Gasteiger partial charge < -0.3 is 10.0 Å². The van der Waals surface area contributed by atoms with Crippen LogP contribution in [0, 0.1) is 6.92 Å². The molecular formula is C22H31NO. The zero-order valence-electron chi connectivity index (χ0n) is 15.6. The molecule has 0 saturated carbocycles. The van der Waals surface area contributed by atoms with E-state index >= 15 is 0 Å². The molecule has 0 aromatic heterocycles. The fourth-order valence-electron chi connectivity index (χ4n) is 4.66. The number of phenols is 1. The number of aromatic hydroxyl groups is 1. The molecule has 2 unspecified atom stereocenters. The van der Waals surface area contributed by atoms with E-state index in [2.05, 4.69) is 50.1 Å². The van der Waals surface area contributed by atoms with Gasteiger partial charge in [0, 0.05) is 12.0 Å². The Balaban J connectivity index is 2.22. The predicted octanol–water partition coefficient (Wildman–Crippen LogP) is 5.11. The fraction of sp³-hybridized carbons (Fsp3) is 0.545. The second-order valence-corrected chi connectivity index (χ2v) is 7.42. The van der Waals surface area contributed by atoms with Gasteiger partial charge in [-0.2, -0.15) is 0 Å². The van der Waals surface area contributed by atoms with E-state index in [1.54, 1.807) is 5.57 Å². The van der Waals surface area contributed by atoms with Crippen LogP contribution in [0.3, 0.4) is 0 Å². The summed E-state index contributed by atoms with van der Waals surface area (Å²) in [5.41, 5.74) is 6.88. The summed E-state index contributed by atoms with van der Waals surface area (Å²) >= 11 is 0. The van der Waals surface area contributed by atoms with Gasteiger partial charge in [-0.05, 0) is 87.9 Å². The third-order valence-electron chi connectivity index (χ3n) is 5.96. The van der Waals surface area contributed by atoms with Crippen molar-refractivity contribution in [1.82, 2.24) is 4.90 Å². The largest absolute Gasteiger partial charge is 0.508 e. The van der Waals surface area contributed by atoms with Gasteiger partial charge in [0.1, 0.15) is 5.75 Å². The molecule has 2 aliphatic rings. The van der Waals surface area contributed by atoms with Crippen molar-refractivity contribution in [2.24, 2.45) is 0 Å². The minimum absolute atomic E-state index is 0.386. The standard InChI is InChI=1S/C22H31NO/c1-5-8-18-16(6-2)10-11-20-22(18)19-14-21(24)15(3)13-17(19)9-7-12-23(20)4/h5,8,13-14,20,22,24H,6-7,9-12H2,1-4H3/b8-5-. The fourth-order valence-corrected chi connectivity index (χ4v) is 4.66. The molecule has 0 saturated heterocycles. The highest BCUT2D eigenvalue weighted by Crippen LogP contribution is 2.45. The number of allylic oxidation sites excluding steroid dienone is 3. The summed E-state index contributed by atoms with van der Waals surface area (Å²) in [6.07, 6.45) is 10.4. The first-order chi connectivity index (χ1) is 11.6. The number of fused-ring (bicyclic) bond motifs is 3. The summed E-state index contributed by atoms with van der Waals surface area (Å²) in [5.74, 6) is 0.830. The molecule has 1 aromatic rings. The summed E-state index contributed by atoms with van der Waals surface area (Å²) in [4.78, 5) is 2.56. The quantitative estimate of drug-likeness (QED) is 0.817. The number of hydrogen-bond donors (Lipinski definition) is 1. The number of rotatable bonds is 2. The molecule has 2 atom stereocenters. The third-order valence-corrected chi connectivity index (χ3v) is 5.96. The highest BCUT2D eigenvalue weighted by atomic mass is 16.3. The molecule has 0 spiro atoms. The molecule has 2 nitrogen and oxygen atoms in total. The molecule has 0 amide bonds. The maximum absolute atomic E-state index is 10.4. The SMILES string of the molecule is C/C=C\C1=C(CC)CCC2C1c1cc(O)c(C)cc1CCCN2C. The summed E-state index contributed by atoms with van der Waals surface area (Å²) in [5, 5.41) is 10.4. The van der Waals surface area contributed by atoms with Crippen LogP contribution in [-0.2, 0) is 6.42 Å². The Hall–Kier alpha value is -1.54. The van der Waals surface area contributed by atoms with Gasteiger partial charge in [0.05, 0.1) is 0 Å². The number of likely N-dealkylation sites (N-methyl/N-ethyl adjacent to an activating group) is 1. The molecule has 3 rings (SSSR count). The van der Waals surface area contributed by atoms with Gasteiger partial charge >= 0.3 is 0 Å². The van der Waals surface area contributed by atoms with Crippen LogP contribution in [0.15, 0.2) is 35.4 Å². The Morgan fingerprint density at radius 2 is 2.08 bits per heavy atom. The maximum atomic E-state index is 10.4. The van der Waals surface area contributed by atoms with E-state index < -0.39 is 0 Å². The minimum Gasteiger partial charge on any atom is -0.508 e. The van der Waals surface area contributed by atoms with E-state index in [1.807, 2.05) is 6.92 Å². The smallest absolute Gasteiger partial charge is 0.118 e. The Kier molecular flexibility index (Phi) is 5.15. The van der Waals surface area contributed by atoms with Crippen molar-refractivity contribution in [3.8, 4) is 5.75 Å². The number of nitrogens with zero attached hydrogens (tertiary/aromatic N) is 1. The first-order valence-electron chi connectivity index (χ1n) is 9.44. The van der Waals surface area contributed by atoms with Gasteiger partial charge in [-0.15, -0.1) is 0 Å². The van der Waals surface area contributed by atoms with E-state index in [1.165, 1.54) is 36.0 Å². The second kappa shape index (κ2) is 7.14. The van der Waals surface area contributed by atoms with E-state index in [-0.39, 0.29) is 0 Å². The van der Waals surface area contributed by atoms with Crippen LogP contribution >= 0.6 is 0 Å². The molecule has 0 radical (unpaired) electrons. The van der Waals surface area contributed by atoms with Crippen molar-refractivity contribution in [2.45, 2.75) is 64.8 Å². The van der Waals surface area contributed by atoms with Crippen LogP contribution in [0.25, 0.3) is 0 Å². The van der Waals surface area contributed by atoms with Crippen LogP contribution < -0.4 is 0 Å². The van der Waals surface area contributed by atoms with Gasteiger partial charge in [0.25, 0.3) is 0 Å². The molecule has 1 heterocycles. The Morgan fingerprint density at radius 3 is 2.79 bits per heavy atom. The average molecular weight is 325 g/mol. The highest BCUT2D eigenvalue weighted by molar-refractivity contribution is 5.50. The van der Waals surface area contributed by atoms with Crippen molar-refractivity contribution < 1.29 is 5.11 Å². The zero-order chi connectivity index (χ0) is 17.3. The summed E-state index contributed by atoms with van der Waals surface area (Å²) in [6, 6.07) is 4.82. The molecule has 2 heteroatoms. The first-order valence-corrected chi connectivity index (χ1v) is 9.44. The molecule has 24 heavy (non-hydrogen) atoms. The number of benzene rings is 1. The Bertz CT molecular complexity index is 671. The Labute approximate surface area is 146 Å². The van der Waals surface area contributed by atoms with Crippen LogP contribution in [0.4, 0.5) is 0 Å². The lowest BCUT2D eigenvalue weighted by Gasteiger charge is -2.42. The second-order valence-electron chi connectivity index (χ2n) is 7.42.